The number of nitrogens with one attached hydrogen (secondary N) is 5. The van der Waals surface area contributed by atoms with Gasteiger partial charge in [-0.2, -0.15) is 0 Å². The summed E-state index contributed by atoms with van der Waals surface area (Å²) in [6, 6.07) is -1.14. The summed E-state index contributed by atoms with van der Waals surface area (Å²) in [7, 11) is 0. The summed E-state index contributed by atoms with van der Waals surface area (Å²) in [5.74, 6) is -3.17. The maximum Gasteiger partial charge on any atom is 0.326 e. The standard InChI is InChI=1S/C43H79N5O13/c1-36(49)44-24-18-19-25-45-40(52)34-60-32-31-59-29-27-47-41(53)35-61-33-30-58-28-26-46-38(50)23-22-37(43(56)57)48-39(51)20-16-14-12-10-8-6-4-2-3-5-7-9-11-13-15-17-21-42(54)55/h37H,2-35H2,1H3,(H,44,49)(H,45,52)(H,46,50)(H,47,53)(H,48,51)(H,54,55)(H,56,57)/t37-/m0/s1. The molecule has 0 heterocycles. The molecule has 0 saturated heterocycles. The summed E-state index contributed by atoms with van der Waals surface area (Å²) in [6.45, 7) is 4.15. The summed E-state index contributed by atoms with van der Waals surface area (Å²) in [5.41, 5.74) is 0. The van der Waals surface area contributed by atoms with Gasteiger partial charge in [0.1, 0.15) is 19.3 Å². The zero-order valence-corrected chi connectivity index (χ0v) is 37.0. The molecule has 0 radical (unpaired) electrons. The third-order valence-electron chi connectivity index (χ3n) is 9.49. The van der Waals surface area contributed by atoms with Crippen LogP contribution < -0.4 is 26.6 Å². The maximum absolute atomic E-state index is 12.3. The summed E-state index contributed by atoms with van der Waals surface area (Å²) in [4.78, 5) is 81.1. The molecule has 18 heteroatoms. The number of hydrogen-bond donors (Lipinski definition) is 7. The Morgan fingerprint density at radius 3 is 1.25 bits per heavy atom. The summed E-state index contributed by atoms with van der Waals surface area (Å²) in [5, 5.41) is 31.5. The van der Waals surface area contributed by atoms with E-state index in [0.717, 1.165) is 51.4 Å². The van der Waals surface area contributed by atoms with Gasteiger partial charge in [-0.25, -0.2) is 4.79 Å². The minimum Gasteiger partial charge on any atom is -0.481 e. The van der Waals surface area contributed by atoms with Crippen LogP contribution in [0.25, 0.3) is 0 Å². The number of amides is 5. The van der Waals surface area contributed by atoms with Crippen molar-refractivity contribution in [2.45, 2.75) is 154 Å². The fourth-order valence-electron chi connectivity index (χ4n) is 6.06. The highest BCUT2D eigenvalue weighted by Gasteiger charge is 2.20. The highest BCUT2D eigenvalue weighted by molar-refractivity contribution is 5.84. The Bertz CT molecular complexity index is 1180. The number of rotatable bonds is 45. The van der Waals surface area contributed by atoms with Crippen LogP contribution in [-0.4, -0.2) is 137 Å². The van der Waals surface area contributed by atoms with Gasteiger partial charge in [0.25, 0.3) is 0 Å². The van der Waals surface area contributed by atoms with Crippen molar-refractivity contribution < 1.29 is 62.7 Å². The van der Waals surface area contributed by atoms with Gasteiger partial charge >= 0.3 is 11.9 Å². The van der Waals surface area contributed by atoms with Crippen LogP contribution in [0.5, 0.6) is 0 Å². The van der Waals surface area contributed by atoms with E-state index in [1.54, 1.807) is 0 Å². The second-order valence-electron chi connectivity index (χ2n) is 15.1. The number of carboxylic acids is 2. The van der Waals surface area contributed by atoms with Crippen molar-refractivity contribution >= 4 is 41.5 Å². The molecule has 5 amide bonds. The first-order chi connectivity index (χ1) is 29.5. The molecule has 0 spiro atoms. The van der Waals surface area contributed by atoms with Gasteiger partial charge in [-0.15, -0.1) is 0 Å². The lowest BCUT2D eigenvalue weighted by Gasteiger charge is -2.14. The summed E-state index contributed by atoms with van der Waals surface area (Å²) in [6.07, 6.45) is 19.8. The smallest absolute Gasteiger partial charge is 0.326 e. The predicted molar refractivity (Wildman–Crippen MR) is 230 cm³/mol. The SMILES string of the molecule is CC(=O)NCCCCNC(=O)COCCOCCNC(=O)COCCOCCNC(=O)CC[C@H](NC(=O)CCCCCCCCCCCCCCCCCCC(=O)O)C(=O)O. The lowest BCUT2D eigenvalue weighted by molar-refractivity contribution is -0.142. The van der Waals surface area contributed by atoms with Crippen LogP contribution in [0.4, 0.5) is 0 Å². The van der Waals surface area contributed by atoms with Crippen molar-refractivity contribution in [3.8, 4) is 0 Å². The van der Waals surface area contributed by atoms with E-state index < -0.39 is 18.0 Å². The van der Waals surface area contributed by atoms with Gasteiger partial charge in [0.2, 0.25) is 29.5 Å². The van der Waals surface area contributed by atoms with Crippen LogP contribution in [0.2, 0.25) is 0 Å². The molecule has 1 atom stereocenters. The third kappa shape index (κ3) is 44.0. The molecule has 0 aromatic rings. The fraction of sp³-hybridized carbons (Fsp3) is 0.837. The van der Waals surface area contributed by atoms with Crippen LogP contribution in [0.15, 0.2) is 0 Å². The topological polar surface area (TPSA) is 257 Å². The molecule has 0 bridgehead atoms. The van der Waals surface area contributed by atoms with E-state index in [-0.39, 0.29) is 121 Å². The van der Waals surface area contributed by atoms with Crippen molar-refractivity contribution in [2.75, 3.05) is 79.0 Å². The van der Waals surface area contributed by atoms with Crippen molar-refractivity contribution in [1.29, 1.82) is 0 Å². The fourth-order valence-corrected chi connectivity index (χ4v) is 6.06. The van der Waals surface area contributed by atoms with Crippen LogP contribution in [-0.2, 0) is 52.5 Å². The molecule has 0 rings (SSSR count). The van der Waals surface area contributed by atoms with E-state index in [0.29, 0.717) is 19.5 Å². The number of carboxylic acid groups (broad SMARTS) is 2. The average Bonchev–Trinajstić information content (AvgIpc) is 3.21. The lowest BCUT2D eigenvalue weighted by Crippen LogP contribution is -2.41. The second-order valence-corrected chi connectivity index (χ2v) is 15.1. The van der Waals surface area contributed by atoms with Gasteiger partial charge in [0, 0.05) is 52.4 Å². The minimum atomic E-state index is -1.18. The minimum absolute atomic E-state index is 0.0221. The Labute approximate surface area is 363 Å². The van der Waals surface area contributed by atoms with E-state index in [9.17, 15) is 38.7 Å². The Morgan fingerprint density at radius 2 is 0.803 bits per heavy atom. The average molecular weight is 874 g/mol. The third-order valence-corrected chi connectivity index (χ3v) is 9.49. The number of hydrogen-bond acceptors (Lipinski definition) is 11. The first-order valence-electron chi connectivity index (χ1n) is 22.6. The maximum atomic E-state index is 12.3. The molecule has 0 fully saturated rings. The molecule has 0 aromatic carbocycles. The molecule has 61 heavy (non-hydrogen) atoms. The molecule has 0 aliphatic carbocycles. The summed E-state index contributed by atoms with van der Waals surface area (Å²) >= 11 is 0. The van der Waals surface area contributed by atoms with Crippen LogP contribution in [0.3, 0.4) is 0 Å². The van der Waals surface area contributed by atoms with Gasteiger partial charge in [-0.05, 0) is 32.1 Å². The molecule has 18 nitrogen and oxygen atoms in total. The Morgan fingerprint density at radius 1 is 0.410 bits per heavy atom. The molecule has 354 valence electrons. The van der Waals surface area contributed by atoms with Gasteiger partial charge in [-0.1, -0.05) is 89.9 Å². The Balaban J connectivity index is 3.62. The van der Waals surface area contributed by atoms with E-state index in [4.69, 9.17) is 24.1 Å². The number of carbonyl (C=O) groups excluding carboxylic acids is 5. The van der Waals surface area contributed by atoms with Crippen molar-refractivity contribution in [3.63, 3.8) is 0 Å². The molecular weight excluding hydrogens is 794 g/mol. The van der Waals surface area contributed by atoms with Crippen molar-refractivity contribution in [1.82, 2.24) is 26.6 Å². The molecule has 0 saturated carbocycles. The summed E-state index contributed by atoms with van der Waals surface area (Å²) < 4.78 is 21.3. The van der Waals surface area contributed by atoms with Gasteiger partial charge in [0.05, 0.1) is 39.6 Å². The van der Waals surface area contributed by atoms with Crippen LogP contribution in [0, 0.1) is 0 Å². The van der Waals surface area contributed by atoms with E-state index in [1.165, 1.54) is 64.7 Å². The van der Waals surface area contributed by atoms with Crippen molar-refractivity contribution in [3.05, 3.63) is 0 Å². The van der Waals surface area contributed by atoms with E-state index in [2.05, 4.69) is 26.6 Å². The molecule has 7 N–H and O–H groups in total. The first-order valence-corrected chi connectivity index (χ1v) is 22.6. The van der Waals surface area contributed by atoms with Crippen LogP contribution >= 0.6 is 0 Å². The van der Waals surface area contributed by atoms with Gasteiger partial charge in [0.15, 0.2) is 0 Å². The Hall–Kier alpha value is -3.87. The zero-order chi connectivity index (χ0) is 45.0. The first kappa shape index (κ1) is 57.1. The number of unbranched alkanes of at least 4 members (excludes halogenated alkanes) is 16. The highest BCUT2D eigenvalue weighted by atomic mass is 16.5. The highest BCUT2D eigenvalue weighted by Crippen LogP contribution is 2.14. The predicted octanol–water partition coefficient (Wildman–Crippen LogP) is 3.77. The number of ether oxygens (including phenoxy) is 4. The molecule has 0 aliphatic heterocycles. The van der Waals surface area contributed by atoms with E-state index >= 15 is 0 Å². The van der Waals surface area contributed by atoms with E-state index in [1.807, 2.05) is 0 Å². The van der Waals surface area contributed by atoms with Gasteiger partial charge < -0.3 is 55.7 Å². The molecule has 0 aromatic heterocycles. The normalized spacial score (nSPS) is 11.4. The van der Waals surface area contributed by atoms with Crippen molar-refractivity contribution in [2.24, 2.45) is 0 Å². The largest absolute Gasteiger partial charge is 0.481 e. The number of carbonyl (C=O) groups is 7. The quantitative estimate of drug-likeness (QED) is 0.0431. The zero-order valence-electron chi connectivity index (χ0n) is 37.0. The molecule has 0 aliphatic rings. The van der Waals surface area contributed by atoms with Gasteiger partial charge in [-0.3, -0.25) is 28.8 Å². The Kier molecular flexibility index (Phi) is 40.1. The monoisotopic (exact) mass is 874 g/mol. The number of aliphatic carboxylic acids is 2. The second kappa shape index (κ2) is 42.8. The van der Waals surface area contributed by atoms with Crippen LogP contribution in [0.1, 0.15) is 148 Å². The lowest BCUT2D eigenvalue weighted by atomic mass is 10.0. The molecular formula is C43H79N5O13. The molecule has 0 unspecified atom stereocenters.